The molecule has 2 rings (SSSR count). The van der Waals surface area contributed by atoms with E-state index < -0.39 is 5.76 Å². The van der Waals surface area contributed by atoms with Crippen LogP contribution in [-0.4, -0.2) is 5.76 Å². The van der Waals surface area contributed by atoms with E-state index in [4.69, 9.17) is 16.0 Å². The van der Waals surface area contributed by atoms with Crippen LogP contribution in [0.15, 0.2) is 34.7 Å². The summed E-state index contributed by atoms with van der Waals surface area (Å²) in [6.07, 6.45) is 0. The van der Waals surface area contributed by atoms with Gasteiger partial charge in [0.05, 0.1) is 12.3 Å². The van der Waals surface area contributed by atoms with Gasteiger partial charge in [0.25, 0.3) is 5.76 Å². The molecule has 1 heterocycles. The molecule has 0 amide bonds. The van der Waals surface area contributed by atoms with Crippen molar-refractivity contribution < 1.29 is 13.2 Å². The fourth-order valence-corrected chi connectivity index (χ4v) is 2.34. The fourth-order valence-electron chi connectivity index (χ4n) is 1.72. The van der Waals surface area contributed by atoms with Crippen LogP contribution in [0.2, 0.25) is 5.02 Å². The van der Waals surface area contributed by atoms with Gasteiger partial charge in [-0.3, -0.25) is 0 Å². The Kier molecular flexibility index (Phi) is 5.31. The molecule has 0 aliphatic rings. The Morgan fingerprint density at radius 3 is 2.75 bits per heavy atom. The molecule has 0 saturated carbocycles. The highest BCUT2D eigenvalue weighted by molar-refractivity contribution is 7.98. The van der Waals surface area contributed by atoms with Gasteiger partial charge in [0.2, 0.25) is 0 Å². The van der Waals surface area contributed by atoms with Crippen LogP contribution in [0.1, 0.15) is 17.1 Å². The number of hydrogen-bond donors (Lipinski definition) is 1. The number of hydrogen-bond acceptors (Lipinski definition) is 3. The Hall–Kier alpha value is -1.20. The van der Waals surface area contributed by atoms with Gasteiger partial charge in [-0.2, -0.15) is 8.78 Å². The molecule has 2 nitrogen and oxygen atoms in total. The summed E-state index contributed by atoms with van der Waals surface area (Å²) in [7, 11) is 0. The van der Waals surface area contributed by atoms with Gasteiger partial charge in [-0.25, -0.2) is 0 Å². The van der Waals surface area contributed by atoms with Crippen LogP contribution < -0.4 is 5.32 Å². The van der Waals surface area contributed by atoms with Crippen molar-refractivity contribution in [2.45, 2.75) is 25.0 Å². The van der Waals surface area contributed by atoms with E-state index in [1.807, 2.05) is 25.1 Å². The van der Waals surface area contributed by atoms with E-state index in [0.717, 1.165) is 11.3 Å². The Bertz CT molecular complexity index is 574. The van der Waals surface area contributed by atoms with Gasteiger partial charge >= 0.3 is 0 Å². The SMILES string of the molecule is Cc1c(Cl)cccc1NCc1ccc(CSC(F)F)o1. The Morgan fingerprint density at radius 2 is 2.00 bits per heavy atom. The number of rotatable bonds is 6. The van der Waals surface area contributed by atoms with Crippen molar-refractivity contribution in [1.82, 2.24) is 0 Å². The molecule has 0 unspecified atom stereocenters. The molecule has 0 bridgehead atoms. The van der Waals surface area contributed by atoms with Gasteiger partial charge < -0.3 is 9.73 Å². The summed E-state index contributed by atoms with van der Waals surface area (Å²) in [6, 6.07) is 9.13. The lowest BCUT2D eigenvalue weighted by Crippen LogP contribution is -2.00. The maximum Gasteiger partial charge on any atom is 0.284 e. The number of nitrogens with one attached hydrogen (secondary N) is 1. The molecule has 0 aliphatic carbocycles. The van der Waals surface area contributed by atoms with Crippen LogP contribution >= 0.6 is 23.4 Å². The minimum atomic E-state index is -2.38. The lowest BCUT2D eigenvalue weighted by molar-refractivity contribution is 0.251. The van der Waals surface area contributed by atoms with E-state index >= 15 is 0 Å². The molecule has 2 aromatic rings. The summed E-state index contributed by atoms with van der Waals surface area (Å²) < 4.78 is 29.6. The first-order valence-electron chi connectivity index (χ1n) is 6.02. The van der Waals surface area contributed by atoms with E-state index in [1.54, 1.807) is 12.1 Å². The van der Waals surface area contributed by atoms with Gasteiger partial charge in [-0.05, 0) is 36.8 Å². The van der Waals surface area contributed by atoms with Crippen molar-refractivity contribution >= 4 is 29.1 Å². The number of benzene rings is 1. The highest BCUT2D eigenvalue weighted by Gasteiger charge is 2.08. The standard InChI is InChI=1S/C14H14ClF2NOS/c1-9-12(15)3-2-4-13(9)18-7-10-5-6-11(19-10)8-20-14(16)17/h2-6,14,18H,7-8H2,1H3. The van der Waals surface area contributed by atoms with Crippen LogP contribution in [0, 0.1) is 6.92 Å². The van der Waals surface area contributed by atoms with E-state index in [-0.39, 0.29) is 5.75 Å². The van der Waals surface area contributed by atoms with Crippen LogP contribution in [0.5, 0.6) is 0 Å². The molecule has 0 aliphatic heterocycles. The van der Waals surface area contributed by atoms with Crippen molar-refractivity contribution in [1.29, 1.82) is 0 Å². The summed E-state index contributed by atoms with van der Waals surface area (Å²) in [6.45, 7) is 2.41. The maximum absolute atomic E-state index is 12.1. The molecule has 20 heavy (non-hydrogen) atoms. The smallest absolute Gasteiger partial charge is 0.284 e. The molecular formula is C14H14ClF2NOS. The highest BCUT2D eigenvalue weighted by Crippen LogP contribution is 2.24. The average Bonchev–Trinajstić information content (AvgIpc) is 2.86. The average molecular weight is 318 g/mol. The number of anilines is 1. The Balaban J connectivity index is 1.92. The van der Waals surface area contributed by atoms with E-state index in [9.17, 15) is 8.78 Å². The van der Waals surface area contributed by atoms with Crippen LogP contribution in [-0.2, 0) is 12.3 Å². The second-order valence-electron chi connectivity index (χ2n) is 4.21. The largest absolute Gasteiger partial charge is 0.463 e. The van der Waals surface area contributed by atoms with Gasteiger partial charge in [0.1, 0.15) is 11.5 Å². The maximum atomic E-state index is 12.1. The highest BCUT2D eigenvalue weighted by atomic mass is 35.5. The van der Waals surface area contributed by atoms with Gasteiger partial charge in [-0.1, -0.05) is 29.4 Å². The molecule has 0 saturated heterocycles. The third-order valence-electron chi connectivity index (χ3n) is 2.79. The number of furan rings is 1. The molecule has 6 heteroatoms. The van der Waals surface area contributed by atoms with Crippen LogP contribution in [0.3, 0.4) is 0 Å². The second kappa shape index (κ2) is 6.99. The first-order chi connectivity index (χ1) is 9.56. The Morgan fingerprint density at radius 1 is 1.25 bits per heavy atom. The zero-order chi connectivity index (χ0) is 14.5. The predicted molar refractivity (Wildman–Crippen MR) is 79.5 cm³/mol. The number of halogens is 3. The normalized spacial score (nSPS) is 11.1. The molecule has 1 aromatic heterocycles. The van der Waals surface area contributed by atoms with Gasteiger partial charge in [0, 0.05) is 10.7 Å². The van der Waals surface area contributed by atoms with Gasteiger partial charge in [0.15, 0.2) is 0 Å². The summed E-state index contributed by atoms with van der Waals surface area (Å²) in [5.41, 5.74) is 1.90. The summed E-state index contributed by atoms with van der Waals surface area (Å²) in [4.78, 5) is 0. The molecule has 108 valence electrons. The van der Waals surface area contributed by atoms with Crippen molar-refractivity contribution in [3.05, 3.63) is 52.4 Å². The quantitative estimate of drug-likeness (QED) is 0.781. The van der Waals surface area contributed by atoms with Crippen LogP contribution in [0.4, 0.5) is 14.5 Å². The van der Waals surface area contributed by atoms with Crippen LogP contribution in [0.25, 0.3) is 0 Å². The number of thioether (sulfide) groups is 1. The fraction of sp³-hybridized carbons (Fsp3) is 0.286. The molecular weight excluding hydrogens is 304 g/mol. The van der Waals surface area contributed by atoms with Crippen molar-refractivity contribution in [3.8, 4) is 0 Å². The molecule has 0 atom stereocenters. The first-order valence-corrected chi connectivity index (χ1v) is 7.45. The van der Waals surface area contributed by atoms with Crippen molar-refractivity contribution in [2.75, 3.05) is 5.32 Å². The summed E-state index contributed by atoms with van der Waals surface area (Å²) in [5.74, 6) is -0.951. The third kappa shape index (κ3) is 4.15. The van der Waals surface area contributed by atoms with E-state index in [0.29, 0.717) is 34.8 Å². The Labute approximate surface area is 125 Å². The minimum Gasteiger partial charge on any atom is -0.463 e. The molecule has 0 fully saturated rings. The monoisotopic (exact) mass is 317 g/mol. The van der Waals surface area contributed by atoms with E-state index in [2.05, 4.69) is 5.32 Å². The lowest BCUT2D eigenvalue weighted by Gasteiger charge is -2.09. The molecule has 0 spiro atoms. The zero-order valence-corrected chi connectivity index (χ0v) is 12.4. The van der Waals surface area contributed by atoms with E-state index in [1.165, 1.54) is 0 Å². The molecule has 0 radical (unpaired) electrons. The predicted octanol–water partition coefficient (Wildman–Crippen LogP) is 5.31. The zero-order valence-electron chi connectivity index (χ0n) is 10.8. The molecule has 1 aromatic carbocycles. The summed E-state index contributed by atoms with van der Waals surface area (Å²) in [5, 5.41) is 3.91. The first kappa shape index (κ1) is 15.2. The minimum absolute atomic E-state index is 0.174. The van der Waals surface area contributed by atoms with Crippen molar-refractivity contribution in [3.63, 3.8) is 0 Å². The topological polar surface area (TPSA) is 25.2 Å². The number of alkyl halides is 2. The lowest BCUT2D eigenvalue weighted by atomic mass is 10.2. The second-order valence-corrected chi connectivity index (χ2v) is 5.59. The molecule has 1 N–H and O–H groups in total. The summed E-state index contributed by atoms with van der Waals surface area (Å²) >= 11 is 6.58. The van der Waals surface area contributed by atoms with Crippen molar-refractivity contribution in [2.24, 2.45) is 0 Å². The van der Waals surface area contributed by atoms with Gasteiger partial charge in [-0.15, -0.1) is 0 Å². The third-order valence-corrected chi connectivity index (χ3v) is 3.90.